The SMILES string of the molecule is COC(=O)[C@@H]1CNC[C@@H](c2cccc(OC)c2)C1. The number of nitrogens with one attached hydrogen (secondary N) is 1. The van der Waals surface area contributed by atoms with Gasteiger partial charge in [0.05, 0.1) is 20.1 Å². The van der Waals surface area contributed by atoms with Gasteiger partial charge in [-0.1, -0.05) is 12.1 Å². The summed E-state index contributed by atoms with van der Waals surface area (Å²) in [7, 11) is 3.10. The Labute approximate surface area is 107 Å². The molecule has 1 aliphatic rings. The van der Waals surface area contributed by atoms with Gasteiger partial charge in [-0.15, -0.1) is 0 Å². The van der Waals surface area contributed by atoms with E-state index in [-0.39, 0.29) is 11.9 Å². The highest BCUT2D eigenvalue weighted by molar-refractivity contribution is 5.72. The third kappa shape index (κ3) is 2.82. The van der Waals surface area contributed by atoms with Gasteiger partial charge in [0.25, 0.3) is 0 Å². The van der Waals surface area contributed by atoms with Crippen molar-refractivity contribution in [1.29, 1.82) is 0 Å². The quantitative estimate of drug-likeness (QED) is 0.826. The molecule has 0 aromatic heterocycles. The van der Waals surface area contributed by atoms with Crippen LogP contribution in [-0.2, 0) is 9.53 Å². The van der Waals surface area contributed by atoms with Crippen molar-refractivity contribution in [2.45, 2.75) is 12.3 Å². The summed E-state index contributed by atoms with van der Waals surface area (Å²) < 4.78 is 10.0. The van der Waals surface area contributed by atoms with E-state index in [0.717, 1.165) is 18.7 Å². The van der Waals surface area contributed by atoms with Crippen molar-refractivity contribution in [1.82, 2.24) is 5.32 Å². The number of piperidine rings is 1. The normalized spacial score (nSPS) is 23.4. The highest BCUT2D eigenvalue weighted by Crippen LogP contribution is 2.29. The summed E-state index contributed by atoms with van der Waals surface area (Å²) in [5, 5.41) is 3.29. The summed E-state index contributed by atoms with van der Waals surface area (Å²) in [4.78, 5) is 11.6. The van der Waals surface area contributed by atoms with Crippen LogP contribution in [0.3, 0.4) is 0 Å². The Morgan fingerprint density at radius 2 is 2.17 bits per heavy atom. The number of carbonyl (C=O) groups is 1. The smallest absolute Gasteiger partial charge is 0.309 e. The highest BCUT2D eigenvalue weighted by Gasteiger charge is 2.28. The summed E-state index contributed by atoms with van der Waals surface area (Å²) in [6.07, 6.45) is 0.826. The zero-order valence-electron chi connectivity index (χ0n) is 10.8. The summed E-state index contributed by atoms with van der Waals surface area (Å²) >= 11 is 0. The maximum absolute atomic E-state index is 11.6. The molecule has 0 amide bonds. The lowest BCUT2D eigenvalue weighted by molar-refractivity contribution is -0.146. The van der Waals surface area contributed by atoms with E-state index >= 15 is 0 Å². The lowest BCUT2D eigenvalue weighted by Gasteiger charge is -2.28. The van der Waals surface area contributed by atoms with Crippen molar-refractivity contribution in [3.63, 3.8) is 0 Å². The molecule has 1 aliphatic heterocycles. The Bertz CT molecular complexity index is 419. The summed E-state index contributed by atoms with van der Waals surface area (Å²) in [5.41, 5.74) is 1.20. The number of carbonyl (C=O) groups excluding carboxylic acids is 1. The number of methoxy groups -OCH3 is 2. The van der Waals surface area contributed by atoms with Crippen LogP contribution in [0.4, 0.5) is 0 Å². The van der Waals surface area contributed by atoms with Gasteiger partial charge in [-0.25, -0.2) is 0 Å². The van der Waals surface area contributed by atoms with Gasteiger partial charge >= 0.3 is 5.97 Å². The molecule has 4 heteroatoms. The zero-order chi connectivity index (χ0) is 13.0. The molecule has 1 heterocycles. The molecule has 0 saturated carbocycles. The van der Waals surface area contributed by atoms with Crippen LogP contribution in [0.25, 0.3) is 0 Å². The summed E-state index contributed by atoms with van der Waals surface area (Å²) in [5.74, 6) is 1.00. The minimum atomic E-state index is -0.130. The fourth-order valence-electron chi connectivity index (χ4n) is 2.44. The summed E-state index contributed by atoms with van der Waals surface area (Å²) in [6.45, 7) is 1.59. The summed E-state index contributed by atoms with van der Waals surface area (Å²) in [6, 6.07) is 8.02. The number of ether oxygens (including phenoxy) is 2. The average molecular weight is 249 g/mol. The minimum absolute atomic E-state index is 0.0556. The first-order chi connectivity index (χ1) is 8.74. The molecule has 0 spiro atoms. The molecule has 0 aliphatic carbocycles. The molecule has 98 valence electrons. The Kier molecular flexibility index (Phi) is 4.20. The molecule has 0 unspecified atom stereocenters. The topological polar surface area (TPSA) is 47.6 Å². The molecular formula is C14H19NO3. The Balaban J connectivity index is 2.10. The average Bonchev–Trinajstić information content (AvgIpc) is 2.46. The molecule has 0 radical (unpaired) electrons. The molecule has 18 heavy (non-hydrogen) atoms. The van der Waals surface area contributed by atoms with Gasteiger partial charge in [-0.2, -0.15) is 0 Å². The number of esters is 1. The van der Waals surface area contributed by atoms with Crippen LogP contribution in [0.5, 0.6) is 5.75 Å². The first-order valence-corrected chi connectivity index (χ1v) is 6.17. The van der Waals surface area contributed by atoms with Crippen LogP contribution in [0.15, 0.2) is 24.3 Å². The second-order valence-corrected chi connectivity index (χ2v) is 4.59. The van der Waals surface area contributed by atoms with Gasteiger partial charge in [0.15, 0.2) is 0 Å². The van der Waals surface area contributed by atoms with E-state index < -0.39 is 0 Å². The molecule has 1 fully saturated rings. The van der Waals surface area contributed by atoms with Crippen LogP contribution in [-0.4, -0.2) is 33.3 Å². The van der Waals surface area contributed by atoms with Crippen LogP contribution >= 0.6 is 0 Å². The van der Waals surface area contributed by atoms with Gasteiger partial charge in [0.2, 0.25) is 0 Å². The van der Waals surface area contributed by atoms with E-state index in [1.165, 1.54) is 12.7 Å². The molecule has 4 nitrogen and oxygen atoms in total. The molecule has 1 aromatic carbocycles. The molecule has 1 saturated heterocycles. The Morgan fingerprint density at radius 3 is 2.89 bits per heavy atom. The lowest BCUT2D eigenvalue weighted by Crippen LogP contribution is -2.39. The molecule has 1 aromatic rings. The standard InChI is InChI=1S/C14H19NO3/c1-17-13-5-3-4-10(7-13)11-6-12(9-15-8-11)14(16)18-2/h3-5,7,11-12,15H,6,8-9H2,1-2H3/t11-,12-/m0/s1. The largest absolute Gasteiger partial charge is 0.497 e. The second kappa shape index (κ2) is 5.87. The molecule has 2 rings (SSSR count). The number of hydrogen-bond donors (Lipinski definition) is 1. The monoisotopic (exact) mass is 249 g/mol. The van der Waals surface area contributed by atoms with Crippen LogP contribution < -0.4 is 10.1 Å². The zero-order valence-corrected chi connectivity index (χ0v) is 10.8. The van der Waals surface area contributed by atoms with Crippen molar-refractivity contribution in [3.05, 3.63) is 29.8 Å². The first kappa shape index (κ1) is 12.9. The lowest BCUT2D eigenvalue weighted by atomic mass is 9.85. The van der Waals surface area contributed by atoms with Crippen molar-refractivity contribution in [2.24, 2.45) is 5.92 Å². The van der Waals surface area contributed by atoms with E-state index in [0.29, 0.717) is 12.5 Å². The van der Waals surface area contributed by atoms with Gasteiger partial charge in [-0.05, 0) is 30.0 Å². The number of hydrogen-bond acceptors (Lipinski definition) is 4. The van der Waals surface area contributed by atoms with Gasteiger partial charge < -0.3 is 14.8 Å². The predicted molar refractivity (Wildman–Crippen MR) is 68.7 cm³/mol. The van der Waals surface area contributed by atoms with E-state index in [1.54, 1.807) is 7.11 Å². The molecule has 1 N–H and O–H groups in total. The number of benzene rings is 1. The van der Waals surface area contributed by atoms with Crippen LogP contribution in [0.2, 0.25) is 0 Å². The maximum Gasteiger partial charge on any atom is 0.309 e. The Hall–Kier alpha value is -1.55. The van der Waals surface area contributed by atoms with Gasteiger partial charge in [-0.3, -0.25) is 4.79 Å². The fraction of sp³-hybridized carbons (Fsp3) is 0.500. The molecular weight excluding hydrogens is 230 g/mol. The van der Waals surface area contributed by atoms with Crippen LogP contribution in [0.1, 0.15) is 17.9 Å². The first-order valence-electron chi connectivity index (χ1n) is 6.17. The third-order valence-corrected chi connectivity index (χ3v) is 3.45. The fourth-order valence-corrected chi connectivity index (χ4v) is 2.44. The van der Waals surface area contributed by atoms with E-state index in [9.17, 15) is 4.79 Å². The van der Waals surface area contributed by atoms with Crippen molar-refractivity contribution < 1.29 is 14.3 Å². The Morgan fingerprint density at radius 1 is 1.33 bits per heavy atom. The third-order valence-electron chi connectivity index (χ3n) is 3.45. The molecule has 2 atom stereocenters. The van der Waals surface area contributed by atoms with Crippen molar-refractivity contribution in [2.75, 3.05) is 27.3 Å². The second-order valence-electron chi connectivity index (χ2n) is 4.59. The van der Waals surface area contributed by atoms with Crippen molar-refractivity contribution in [3.8, 4) is 5.75 Å². The van der Waals surface area contributed by atoms with Gasteiger partial charge in [0.1, 0.15) is 5.75 Å². The highest BCUT2D eigenvalue weighted by atomic mass is 16.5. The maximum atomic E-state index is 11.6. The number of rotatable bonds is 3. The van der Waals surface area contributed by atoms with E-state index in [4.69, 9.17) is 9.47 Å². The van der Waals surface area contributed by atoms with E-state index in [2.05, 4.69) is 11.4 Å². The molecule has 0 bridgehead atoms. The predicted octanol–water partition coefficient (Wildman–Crippen LogP) is 1.56. The van der Waals surface area contributed by atoms with Gasteiger partial charge in [0, 0.05) is 13.1 Å². The van der Waals surface area contributed by atoms with Crippen LogP contribution in [0, 0.1) is 5.92 Å². The van der Waals surface area contributed by atoms with E-state index in [1.807, 2.05) is 18.2 Å². The van der Waals surface area contributed by atoms with Crippen molar-refractivity contribution >= 4 is 5.97 Å². The minimum Gasteiger partial charge on any atom is -0.497 e.